The Hall–Kier alpha value is -1.16. The highest BCUT2D eigenvalue weighted by Gasteiger charge is 2.26. The predicted molar refractivity (Wildman–Crippen MR) is 57.8 cm³/mol. The van der Waals surface area contributed by atoms with Crippen molar-refractivity contribution in [2.75, 3.05) is 6.61 Å². The van der Waals surface area contributed by atoms with Crippen molar-refractivity contribution in [3.8, 4) is 0 Å². The first-order valence-electron chi connectivity index (χ1n) is 5.07. The number of aromatic nitrogens is 2. The van der Waals surface area contributed by atoms with Crippen LogP contribution in [0.25, 0.3) is 0 Å². The topological polar surface area (TPSA) is 55.1 Å². The molecule has 0 aliphatic heterocycles. The maximum Gasteiger partial charge on any atom is 0.186 e. The fraction of sp³-hybridized carbons (Fsp3) is 0.636. The summed E-state index contributed by atoms with van der Waals surface area (Å²) in [5.74, 6) is 0.0419. The first-order valence-corrected chi connectivity index (χ1v) is 5.07. The van der Waals surface area contributed by atoms with Gasteiger partial charge in [0.05, 0.1) is 12.6 Å². The van der Waals surface area contributed by atoms with Crippen molar-refractivity contribution in [3.63, 3.8) is 0 Å². The molecule has 0 aromatic carbocycles. The maximum absolute atomic E-state index is 12.0. The zero-order valence-corrected chi connectivity index (χ0v) is 9.69. The van der Waals surface area contributed by atoms with E-state index < -0.39 is 5.41 Å². The maximum atomic E-state index is 12.0. The fourth-order valence-electron chi connectivity index (χ4n) is 1.31. The molecule has 15 heavy (non-hydrogen) atoms. The van der Waals surface area contributed by atoms with Crippen molar-refractivity contribution in [1.29, 1.82) is 0 Å². The molecule has 4 heteroatoms. The van der Waals surface area contributed by atoms with E-state index in [1.54, 1.807) is 16.9 Å². The number of rotatable bonds is 3. The number of carbonyl (C=O) groups is 1. The molecule has 1 heterocycles. The van der Waals surface area contributed by atoms with Gasteiger partial charge in [-0.1, -0.05) is 20.8 Å². The number of Topliss-reactive ketones (excluding diaryl/α,β-unsaturated/α-hetero) is 1. The smallest absolute Gasteiger partial charge is 0.186 e. The van der Waals surface area contributed by atoms with Crippen LogP contribution in [0.1, 0.15) is 44.2 Å². The number of aliphatic hydroxyl groups is 1. The molecular weight excluding hydrogens is 192 g/mol. The standard InChI is InChI=1S/C11H18N2O2/c1-8(7-14)13-9(5-6-12-13)10(15)11(2,3)4/h5-6,8,14H,7H2,1-4H3/t8-/m0/s1. The summed E-state index contributed by atoms with van der Waals surface area (Å²) in [6.07, 6.45) is 1.59. The second kappa shape index (κ2) is 4.14. The minimum Gasteiger partial charge on any atom is -0.394 e. The summed E-state index contributed by atoms with van der Waals surface area (Å²) in [4.78, 5) is 12.0. The molecular formula is C11H18N2O2. The number of aliphatic hydroxyl groups excluding tert-OH is 1. The van der Waals surface area contributed by atoms with Crippen LogP contribution in [0.5, 0.6) is 0 Å². The van der Waals surface area contributed by atoms with Gasteiger partial charge in [0, 0.05) is 11.6 Å². The van der Waals surface area contributed by atoms with Crippen LogP contribution >= 0.6 is 0 Å². The van der Waals surface area contributed by atoms with Gasteiger partial charge in [-0.25, -0.2) is 0 Å². The zero-order chi connectivity index (χ0) is 11.6. The molecule has 0 saturated carbocycles. The highest BCUT2D eigenvalue weighted by Crippen LogP contribution is 2.21. The van der Waals surface area contributed by atoms with Gasteiger partial charge >= 0.3 is 0 Å². The summed E-state index contributed by atoms with van der Waals surface area (Å²) in [6, 6.07) is 1.53. The van der Waals surface area contributed by atoms with Crippen LogP contribution < -0.4 is 0 Å². The molecule has 0 aliphatic rings. The summed E-state index contributed by atoms with van der Waals surface area (Å²) < 4.78 is 1.58. The van der Waals surface area contributed by atoms with E-state index in [0.29, 0.717) is 5.69 Å². The first-order chi connectivity index (χ1) is 6.88. The molecule has 1 rings (SSSR count). The van der Waals surface area contributed by atoms with Gasteiger partial charge in [0.2, 0.25) is 0 Å². The van der Waals surface area contributed by atoms with Gasteiger partial charge in [0.15, 0.2) is 5.78 Å². The van der Waals surface area contributed by atoms with Crippen molar-refractivity contribution in [3.05, 3.63) is 18.0 Å². The fourth-order valence-corrected chi connectivity index (χ4v) is 1.31. The zero-order valence-electron chi connectivity index (χ0n) is 9.69. The quantitative estimate of drug-likeness (QED) is 0.772. The normalized spacial score (nSPS) is 13.9. The Morgan fingerprint density at radius 1 is 1.60 bits per heavy atom. The van der Waals surface area contributed by atoms with Crippen LogP contribution in [-0.4, -0.2) is 27.3 Å². The molecule has 1 atom stereocenters. The molecule has 0 aliphatic carbocycles. The molecule has 4 nitrogen and oxygen atoms in total. The number of ketones is 1. The van der Waals surface area contributed by atoms with Gasteiger partial charge < -0.3 is 5.11 Å². The Bertz CT molecular complexity index is 350. The molecule has 1 aromatic heterocycles. The van der Waals surface area contributed by atoms with E-state index in [-0.39, 0.29) is 18.4 Å². The number of hydrogen-bond acceptors (Lipinski definition) is 3. The van der Waals surface area contributed by atoms with E-state index in [1.807, 2.05) is 27.7 Å². The lowest BCUT2D eigenvalue weighted by molar-refractivity contribution is 0.0841. The third kappa shape index (κ3) is 2.45. The molecule has 1 N–H and O–H groups in total. The average Bonchev–Trinajstić information content (AvgIpc) is 2.62. The number of carbonyl (C=O) groups excluding carboxylic acids is 1. The Morgan fingerprint density at radius 2 is 2.20 bits per heavy atom. The van der Waals surface area contributed by atoms with Crippen molar-refractivity contribution in [1.82, 2.24) is 9.78 Å². The van der Waals surface area contributed by atoms with Crippen LogP contribution in [-0.2, 0) is 0 Å². The monoisotopic (exact) mass is 210 g/mol. The van der Waals surface area contributed by atoms with E-state index in [9.17, 15) is 4.79 Å². The highest BCUT2D eigenvalue weighted by atomic mass is 16.3. The molecule has 1 aromatic rings. The van der Waals surface area contributed by atoms with E-state index >= 15 is 0 Å². The lowest BCUT2D eigenvalue weighted by atomic mass is 9.89. The minimum absolute atomic E-state index is 0.0217. The summed E-state index contributed by atoms with van der Waals surface area (Å²) in [5.41, 5.74) is 0.136. The summed E-state index contributed by atoms with van der Waals surface area (Å²) >= 11 is 0. The molecule has 0 spiro atoms. The van der Waals surface area contributed by atoms with Crippen LogP contribution in [0.15, 0.2) is 12.3 Å². The van der Waals surface area contributed by atoms with Gasteiger partial charge in [-0.3, -0.25) is 9.48 Å². The average molecular weight is 210 g/mol. The van der Waals surface area contributed by atoms with Crippen LogP contribution in [0.2, 0.25) is 0 Å². The second-order valence-electron chi connectivity index (χ2n) is 4.77. The van der Waals surface area contributed by atoms with Gasteiger partial charge in [0.25, 0.3) is 0 Å². The minimum atomic E-state index is -0.424. The van der Waals surface area contributed by atoms with E-state index in [2.05, 4.69) is 5.10 Å². The summed E-state index contributed by atoms with van der Waals surface area (Å²) in [5, 5.41) is 13.1. The van der Waals surface area contributed by atoms with Crippen molar-refractivity contribution in [2.24, 2.45) is 5.41 Å². The van der Waals surface area contributed by atoms with E-state index in [0.717, 1.165) is 0 Å². The SMILES string of the molecule is C[C@@H](CO)n1nccc1C(=O)C(C)(C)C. The Balaban J connectivity index is 3.06. The third-order valence-corrected chi connectivity index (χ3v) is 2.27. The van der Waals surface area contributed by atoms with Gasteiger partial charge in [0.1, 0.15) is 5.69 Å². The van der Waals surface area contributed by atoms with Crippen LogP contribution in [0.3, 0.4) is 0 Å². The molecule has 0 unspecified atom stereocenters. The molecule has 0 fully saturated rings. The molecule has 0 bridgehead atoms. The Morgan fingerprint density at radius 3 is 2.67 bits per heavy atom. The molecule has 0 amide bonds. The molecule has 0 saturated heterocycles. The van der Waals surface area contributed by atoms with Crippen molar-refractivity contribution >= 4 is 5.78 Å². The summed E-state index contributed by atoms with van der Waals surface area (Å²) in [6.45, 7) is 7.42. The Kier molecular flexibility index (Phi) is 3.29. The molecule has 84 valence electrons. The number of hydrogen-bond donors (Lipinski definition) is 1. The lowest BCUT2D eigenvalue weighted by Crippen LogP contribution is -2.25. The van der Waals surface area contributed by atoms with Crippen LogP contribution in [0, 0.1) is 5.41 Å². The highest BCUT2D eigenvalue weighted by molar-refractivity contribution is 5.98. The predicted octanol–water partition coefficient (Wildman–Crippen LogP) is 1.67. The van der Waals surface area contributed by atoms with Crippen molar-refractivity contribution < 1.29 is 9.90 Å². The summed E-state index contributed by atoms with van der Waals surface area (Å²) in [7, 11) is 0. The first kappa shape index (κ1) is 11.9. The third-order valence-electron chi connectivity index (χ3n) is 2.27. The molecule has 0 radical (unpaired) electrons. The van der Waals surface area contributed by atoms with Crippen LogP contribution in [0.4, 0.5) is 0 Å². The van der Waals surface area contributed by atoms with E-state index in [4.69, 9.17) is 5.11 Å². The van der Waals surface area contributed by atoms with Gasteiger partial charge in [-0.15, -0.1) is 0 Å². The Labute approximate surface area is 89.9 Å². The van der Waals surface area contributed by atoms with Crippen molar-refractivity contribution in [2.45, 2.75) is 33.7 Å². The van der Waals surface area contributed by atoms with E-state index in [1.165, 1.54) is 0 Å². The van der Waals surface area contributed by atoms with Gasteiger partial charge in [-0.2, -0.15) is 5.10 Å². The van der Waals surface area contributed by atoms with Gasteiger partial charge in [-0.05, 0) is 13.0 Å². The largest absolute Gasteiger partial charge is 0.394 e. The number of nitrogens with zero attached hydrogens (tertiary/aromatic N) is 2. The lowest BCUT2D eigenvalue weighted by Gasteiger charge is -2.19. The second-order valence-corrected chi connectivity index (χ2v) is 4.77.